The Bertz CT molecular complexity index is 1310. The van der Waals surface area contributed by atoms with Gasteiger partial charge in [0.2, 0.25) is 12.7 Å². The highest BCUT2D eigenvalue weighted by Crippen LogP contribution is 2.36. The first-order chi connectivity index (χ1) is 19.1. The highest BCUT2D eigenvalue weighted by Gasteiger charge is 2.35. The number of rotatable bonds is 9. The molecule has 0 spiro atoms. The minimum absolute atomic E-state index is 0.0490. The highest BCUT2D eigenvalue weighted by atomic mass is 16.7. The summed E-state index contributed by atoms with van der Waals surface area (Å²) in [4.78, 5) is 37.9. The number of fused-ring (bicyclic) bond motifs is 1. The molecule has 0 radical (unpaired) electrons. The van der Waals surface area contributed by atoms with Crippen molar-refractivity contribution in [3.05, 3.63) is 71.8 Å². The maximum Gasteiger partial charge on any atom is 0.275 e. The van der Waals surface area contributed by atoms with Gasteiger partial charge in [0.1, 0.15) is 11.7 Å². The monoisotopic (exact) mass is 532 g/mol. The molecule has 204 valence electrons. The van der Waals surface area contributed by atoms with E-state index in [0.717, 1.165) is 37.7 Å². The molecule has 2 aromatic carbocycles. The molecule has 1 aliphatic carbocycles. The smallest absolute Gasteiger partial charge is 0.275 e. The minimum Gasteiger partial charge on any atom is -0.493 e. The highest BCUT2D eigenvalue weighted by molar-refractivity contribution is 5.96. The summed E-state index contributed by atoms with van der Waals surface area (Å²) in [5.74, 6) is 1.51. The van der Waals surface area contributed by atoms with E-state index < -0.39 is 11.9 Å². The molecule has 10 heteroatoms. The Morgan fingerprint density at radius 1 is 1.00 bits per heavy atom. The fourth-order valence-corrected chi connectivity index (χ4v) is 5.10. The Hall–Kier alpha value is -4.34. The molecular formula is C29H32N4O6. The lowest BCUT2D eigenvalue weighted by molar-refractivity contribution is -0.127. The molecule has 0 saturated heterocycles. The summed E-state index contributed by atoms with van der Waals surface area (Å²) in [5, 5.41) is 3.21. The quantitative estimate of drug-likeness (QED) is 0.439. The van der Waals surface area contributed by atoms with Gasteiger partial charge in [0.05, 0.1) is 20.4 Å². The summed E-state index contributed by atoms with van der Waals surface area (Å²) in [7, 11) is 3.09. The molecule has 0 bridgehead atoms. The molecule has 5 rings (SSSR count). The normalized spacial score (nSPS) is 15.3. The fraction of sp³-hybridized carbons (Fsp3) is 0.379. The van der Waals surface area contributed by atoms with Crippen LogP contribution in [0.2, 0.25) is 0 Å². The summed E-state index contributed by atoms with van der Waals surface area (Å²) < 4.78 is 22.0. The number of methoxy groups -OCH3 is 2. The van der Waals surface area contributed by atoms with Gasteiger partial charge in [-0.25, -0.2) is 4.98 Å². The van der Waals surface area contributed by atoms with Gasteiger partial charge in [-0.05, 0) is 48.2 Å². The lowest BCUT2D eigenvalue weighted by atomic mass is 9.94. The third-order valence-electron chi connectivity index (χ3n) is 7.07. The average molecular weight is 533 g/mol. The van der Waals surface area contributed by atoms with Gasteiger partial charge in [-0.15, -0.1) is 0 Å². The van der Waals surface area contributed by atoms with E-state index in [1.165, 1.54) is 30.6 Å². The zero-order valence-electron chi connectivity index (χ0n) is 22.1. The van der Waals surface area contributed by atoms with Gasteiger partial charge in [0.15, 0.2) is 23.0 Å². The standard InChI is InChI=1S/C29H32N4O6/c1-36-23-11-9-20(15-25(23)37-2)27(28(34)32-21-6-4-3-5-7-21)33(29(35)22-16-30-12-13-31-22)17-19-8-10-24-26(14-19)39-18-38-24/h8-16,21,27H,3-7,17-18H2,1-2H3,(H,32,34)/t27-/m0/s1. The lowest BCUT2D eigenvalue weighted by Crippen LogP contribution is -2.47. The number of carbonyl (C=O) groups excluding carboxylic acids is 2. The molecule has 1 saturated carbocycles. The van der Waals surface area contributed by atoms with Crippen molar-refractivity contribution in [3.8, 4) is 23.0 Å². The van der Waals surface area contributed by atoms with E-state index in [1.54, 1.807) is 31.4 Å². The first kappa shape index (κ1) is 26.3. The van der Waals surface area contributed by atoms with Crippen molar-refractivity contribution in [1.82, 2.24) is 20.2 Å². The van der Waals surface area contributed by atoms with Crippen molar-refractivity contribution in [2.24, 2.45) is 0 Å². The van der Waals surface area contributed by atoms with Crippen LogP contribution < -0.4 is 24.3 Å². The number of benzene rings is 2. The Labute approximate surface area is 227 Å². The van der Waals surface area contributed by atoms with Crippen LogP contribution in [0.3, 0.4) is 0 Å². The van der Waals surface area contributed by atoms with E-state index >= 15 is 0 Å². The van der Waals surface area contributed by atoms with Crippen molar-refractivity contribution in [3.63, 3.8) is 0 Å². The first-order valence-electron chi connectivity index (χ1n) is 13.0. The largest absolute Gasteiger partial charge is 0.493 e. The van der Waals surface area contributed by atoms with Crippen LogP contribution in [-0.4, -0.2) is 53.7 Å². The maximum atomic E-state index is 14.1. The van der Waals surface area contributed by atoms with Gasteiger partial charge in [0.25, 0.3) is 5.91 Å². The lowest BCUT2D eigenvalue weighted by Gasteiger charge is -2.33. The van der Waals surface area contributed by atoms with Gasteiger partial charge >= 0.3 is 0 Å². The van der Waals surface area contributed by atoms with Crippen LogP contribution in [0.1, 0.15) is 59.8 Å². The van der Waals surface area contributed by atoms with Crippen LogP contribution in [0.25, 0.3) is 0 Å². The Kier molecular flexibility index (Phi) is 8.10. The number of amides is 2. The van der Waals surface area contributed by atoms with Crippen LogP contribution >= 0.6 is 0 Å². The molecule has 39 heavy (non-hydrogen) atoms. The van der Waals surface area contributed by atoms with E-state index in [2.05, 4.69) is 15.3 Å². The minimum atomic E-state index is -0.980. The van der Waals surface area contributed by atoms with E-state index in [-0.39, 0.29) is 31.0 Å². The topological polar surface area (TPSA) is 112 Å². The molecule has 1 fully saturated rings. The van der Waals surface area contributed by atoms with Gasteiger partial charge in [-0.3, -0.25) is 14.6 Å². The second-order valence-corrected chi connectivity index (χ2v) is 9.57. The van der Waals surface area contributed by atoms with E-state index in [0.29, 0.717) is 28.6 Å². The summed E-state index contributed by atoms with van der Waals surface area (Å²) in [6.07, 6.45) is 9.46. The predicted molar refractivity (Wildman–Crippen MR) is 142 cm³/mol. The number of ether oxygens (including phenoxy) is 4. The molecule has 1 atom stereocenters. The molecule has 1 aliphatic heterocycles. The van der Waals surface area contributed by atoms with Crippen molar-refractivity contribution >= 4 is 11.8 Å². The summed E-state index contributed by atoms with van der Waals surface area (Å²) in [6.45, 7) is 0.252. The number of nitrogens with zero attached hydrogens (tertiary/aromatic N) is 3. The zero-order chi connectivity index (χ0) is 27.2. The first-order valence-corrected chi connectivity index (χ1v) is 13.0. The SMILES string of the molecule is COc1ccc([C@@H](C(=O)NC2CCCCC2)N(Cc2ccc3c(c2)OCO3)C(=O)c2cnccn2)cc1OC. The third kappa shape index (κ3) is 5.89. The molecule has 3 aromatic rings. The molecular weight excluding hydrogens is 500 g/mol. The molecule has 0 unspecified atom stereocenters. The molecule has 2 amide bonds. The molecule has 2 heterocycles. The second kappa shape index (κ2) is 12.0. The van der Waals surface area contributed by atoms with Crippen LogP contribution in [-0.2, 0) is 11.3 Å². The number of hydrogen-bond donors (Lipinski definition) is 1. The van der Waals surface area contributed by atoms with Crippen molar-refractivity contribution < 1.29 is 28.5 Å². The van der Waals surface area contributed by atoms with Gasteiger partial charge < -0.3 is 29.2 Å². The molecule has 1 N–H and O–H groups in total. The summed E-state index contributed by atoms with van der Waals surface area (Å²) in [5.41, 5.74) is 1.49. The van der Waals surface area contributed by atoms with Crippen LogP contribution in [0.5, 0.6) is 23.0 Å². The van der Waals surface area contributed by atoms with Crippen LogP contribution in [0, 0.1) is 0 Å². The fourth-order valence-electron chi connectivity index (χ4n) is 5.10. The molecule has 2 aliphatic rings. The van der Waals surface area contributed by atoms with Crippen LogP contribution in [0.15, 0.2) is 55.0 Å². The maximum absolute atomic E-state index is 14.1. The summed E-state index contributed by atoms with van der Waals surface area (Å²) in [6, 6.07) is 9.80. The van der Waals surface area contributed by atoms with Gasteiger partial charge in [-0.2, -0.15) is 0 Å². The number of nitrogens with one attached hydrogen (secondary N) is 1. The van der Waals surface area contributed by atoms with Crippen molar-refractivity contribution in [1.29, 1.82) is 0 Å². The number of carbonyl (C=O) groups is 2. The summed E-state index contributed by atoms with van der Waals surface area (Å²) >= 11 is 0. The number of aromatic nitrogens is 2. The van der Waals surface area contributed by atoms with E-state index in [9.17, 15) is 9.59 Å². The molecule has 1 aromatic heterocycles. The van der Waals surface area contributed by atoms with Gasteiger partial charge in [-0.1, -0.05) is 31.4 Å². The van der Waals surface area contributed by atoms with E-state index in [4.69, 9.17) is 18.9 Å². The van der Waals surface area contributed by atoms with E-state index in [1.807, 2.05) is 12.1 Å². The predicted octanol–water partition coefficient (Wildman–Crippen LogP) is 4.06. The third-order valence-corrected chi connectivity index (χ3v) is 7.07. The van der Waals surface area contributed by atoms with Crippen molar-refractivity contribution in [2.45, 2.75) is 50.7 Å². The zero-order valence-corrected chi connectivity index (χ0v) is 22.1. The Balaban J connectivity index is 1.57. The number of hydrogen-bond acceptors (Lipinski definition) is 8. The molecule has 10 nitrogen and oxygen atoms in total. The average Bonchev–Trinajstić information content (AvgIpc) is 3.45. The Morgan fingerprint density at radius 2 is 1.79 bits per heavy atom. The van der Waals surface area contributed by atoms with Gasteiger partial charge in [0, 0.05) is 25.0 Å². The van der Waals surface area contributed by atoms with Crippen LogP contribution in [0.4, 0.5) is 0 Å². The van der Waals surface area contributed by atoms with Crippen molar-refractivity contribution in [2.75, 3.05) is 21.0 Å². The Morgan fingerprint density at radius 3 is 2.54 bits per heavy atom. The second-order valence-electron chi connectivity index (χ2n) is 9.57.